The molecule has 69 heavy (non-hydrogen) atoms. The topological polar surface area (TPSA) is 215 Å². The van der Waals surface area contributed by atoms with Crippen LogP contribution in [0.4, 0.5) is 35.9 Å². The molecule has 0 saturated heterocycles. The van der Waals surface area contributed by atoms with Crippen LogP contribution in [0.3, 0.4) is 0 Å². The largest absolute Gasteiger partial charge is 0.480 e. The third kappa shape index (κ3) is 15.6. The summed E-state index contributed by atoms with van der Waals surface area (Å²) in [4.78, 5) is 97.2. The van der Waals surface area contributed by atoms with Crippen molar-refractivity contribution in [2.45, 2.75) is 115 Å². The molecule has 2 saturated carbocycles. The summed E-state index contributed by atoms with van der Waals surface area (Å²) in [5.74, 6) is -8.82. The second-order valence-electron chi connectivity index (χ2n) is 16.3. The number of carbonyl (C=O) groups is 8. The van der Waals surface area contributed by atoms with Crippen molar-refractivity contribution in [2.24, 2.45) is 11.8 Å². The summed E-state index contributed by atoms with van der Waals surface area (Å²) < 4.78 is 87.4. The Bertz CT molecular complexity index is 2170. The molecule has 0 radical (unpaired) electrons. The van der Waals surface area contributed by atoms with Crippen molar-refractivity contribution < 1.29 is 84.0 Å². The average molecular weight is 1050 g/mol. The van der Waals surface area contributed by atoms with Crippen LogP contribution in [-0.4, -0.2) is 114 Å². The predicted octanol–water partition coefficient (Wildman–Crippen LogP) is 8.67. The minimum absolute atomic E-state index is 0.0177. The van der Waals surface area contributed by atoms with E-state index in [0.717, 1.165) is 17.7 Å². The number of ether oxygens (including phenoxy) is 3. The highest BCUT2D eigenvalue weighted by Crippen LogP contribution is 2.44. The second-order valence-corrected chi connectivity index (χ2v) is 17.3. The summed E-state index contributed by atoms with van der Waals surface area (Å²) in [5, 5.41) is 12.2. The summed E-state index contributed by atoms with van der Waals surface area (Å²) in [6.45, 7) is 4.68. The highest BCUT2D eigenvalue weighted by Gasteiger charge is 2.50. The van der Waals surface area contributed by atoms with E-state index in [4.69, 9.17) is 54.1 Å². The Kier molecular flexibility index (Phi) is 22.5. The lowest BCUT2D eigenvalue weighted by Crippen LogP contribution is -2.54. The Morgan fingerprint density at radius 2 is 1.03 bits per heavy atom. The van der Waals surface area contributed by atoms with Gasteiger partial charge < -0.3 is 30.0 Å². The van der Waals surface area contributed by atoms with Crippen LogP contribution in [0.15, 0.2) is 48.5 Å². The summed E-state index contributed by atoms with van der Waals surface area (Å²) in [5.41, 5.74) is -1.36. The maximum atomic E-state index is 13.0. The molecule has 0 spiro atoms. The highest BCUT2D eigenvalue weighted by molar-refractivity contribution is 6.32. The molecular weight excluding hydrogens is 997 g/mol. The van der Waals surface area contributed by atoms with Crippen LogP contribution in [-0.2, 0) is 54.1 Å². The molecular formula is C44H53Cl3F6N4O12. The Labute approximate surface area is 408 Å². The van der Waals surface area contributed by atoms with Crippen LogP contribution in [0.5, 0.6) is 0 Å². The predicted molar refractivity (Wildman–Crippen MR) is 237 cm³/mol. The normalized spacial score (nSPS) is 19.0. The molecule has 2 aliphatic carbocycles. The van der Waals surface area contributed by atoms with Crippen LogP contribution in [0, 0.1) is 11.8 Å². The maximum absolute atomic E-state index is 13.0. The summed E-state index contributed by atoms with van der Waals surface area (Å²) in [7, 11) is 2.92. The molecule has 384 valence electrons. The van der Waals surface area contributed by atoms with E-state index in [0.29, 0.717) is 53.3 Å². The second kappa shape index (κ2) is 26.0. The minimum atomic E-state index is -5.18. The SMILES string of the molecule is CC(C)[C@H](NC(=O)C(F)(F)F)C(=O)O.CC(C)[C@H](NC(=O)C(F)(F)F)C(=O)OCOC(=O)N(C)[C@]1(c2ccccc2Cl)CCCCC1=O.CN(C(=O)OCCl)[C@]1(c2ccccc2Cl)CCCCC1=O. The number of esters is 1. The Morgan fingerprint density at radius 1 is 0.652 bits per heavy atom. The van der Waals surface area contributed by atoms with E-state index in [-0.39, 0.29) is 24.1 Å². The monoisotopic (exact) mass is 1050 g/mol. The minimum Gasteiger partial charge on any atom is -0.480 e. The first-order valence-corrected chi connectivity index (χ1v) is 22.4. The maximum Gasteiger partial charge on any atom is 0.471 e. The van der Waals surface area contributed by atoms with Gasteiger partial charge in [-0.2, -0.15) is 26.3 Å². The van der Waals surface area contributed by atoms with Crippen LogP contribution < -0.4 is 10.6 Å². The number of Topliss-reactive ketones (excluding diaryl/α,β-unsaturated/α-hetero) is 2. The van der Waals surface area contributed by atoms with Crippen molar-refractivity contribution in [1.82, 2.24) is 20.4 Å². The molecule has 2 fully saturated rings. The standard InChI is InChI=1S/C22H26ClF3N2O6.C15H17Cl2NO3.C7H10F3NO3/c1-13(2)17(27-19(31)22(24,25)26)18(30)33-12-34-20(32)28(3)21(11-7-6-10-16(21)29)14-8-4-5-9-15(14)23;1-18(14(20)21-10-16)15(9-5-4-8-13(15)19)11-6-2-3-7-12(11)17;1-3(2)4(5(12)13)11-6(14)7(8,9)10/h4-5,8-9,13,17H,6-7,10-12H2,1-3H3,(H,27,31);2-3,6-7H,4-5,8-10H2,1H3;3-4H,1-2H3,(H,11,14)(H,12,13)/t17-,21-;15-;4-/m000/s1. The molecule has 0 aromatic heterocycles. The number of nitrogens with zero attached hydrogens (tertiary/aromatic N) is 2. The van der Waals surface area contributed by atoms with Gasteiger partial charge in [0.1, 0.15) is 23.2 Å². The number of amides is 4. The van der Waals surface area contributed by atoms with Gasteiger partial charge in [-0.15, -0.1) is 0 Å². The number of halogens is 9. The molecule has 0 unspecified atom stereocenters. The molecule has 4 amide bonds. The van der Waals surface area contributed by atoms with Gasteiger partial charge in [0.2, 0.25) is 6.79 Å². The number of carboxylic acids is 1. The van der Waals surface area contributed by atoms with Crippen LogP contribution in [0.25, 0.3) is 0 Å². The Hall–Kier alpha value is -5.35. The number of aliphatic carboxylic acids is 1. The van der Waals surface area contributed by atoms with Crippen molar-refractivity contribution in [3.63, 3.8) is 0 Å². The number of hydrogen-bond acceptors (Lipinski definition) is 11. The lowest BCUT2D eigenvalue weighted by Gasteiger charge is -2.43. The van der Waals surface area contributed by atoms with Crippen LogP contribution in [0.2, 0.25) is 10.0 Å². The fourth-order valence-electron chi connectivity index (χ4n) is 7.50. The zero-order valence-electron chi connectivity index (χ0n) is 38.2. The van der Waals surface area contributed by atoms with Gasteiger partial charge in [0.25, 0.3) is 0 Å². The van der Waals surface area contributed by atoms with Gasteiger partial charge in [-0.1, -0.05) is 98.9 Å². The number of likely N-dealkylation sites (N-methyl/N-ethyl adjacent to an activating group) is 2. The molecule has 2 aromatic carbocycles. The average Bonchev–Trinajstić information content (AvgIpc) is 3.27. The van der Waals surface area contributed by atoms with E-state index in [1.54, 1.807) is 54.8 Å². The van der Waals surface area contributed by atoms with Crippen molar-refractivity contribution in [1.29, 1.82) is 0 Å². The first-order valence-electron chi connectivity index (χ1n) is 21.1. The number of hydrogen-bond donors (Lipinski definition) is 3. The number of ketones is 2. The van der Waals surface area contributed by atoms with Gasteiger partial charge in [0.15, 0.2) is 17.6 Å². The molecule has 0 aliphatic heterocycles. The van der Waals surface area contributed by atoms with Gasteiger partial charge in [0.05, 0.1) is 0 Å². The number of carbonyl (C=O) groups excluding carboxylic acids is 7. The van der Waals surface area contributed by atoms with Crippen molar-refractivity contribution in [2.75, 3.05) is 27.0 Å². The van der Waals surface area contributed by atoms with E-state index in [1.807, 2.05) is 6.07 Å². The first kappa shape index (κ1) is 59.8. The van der Waals surface area contributed by atoms with E-state index in [2.05, 4.69) is 0 Å². The van der Waals surface area contributed by atoms with Crippen LogP contribution in [0.1, 0.15) is 90.2 Å². The van der Waals surface area contributed by atoms with Gasteiger partial charge in [-0.25, -0.2) is 19.2 Å². The fourth-order valence-corrected chi connectivity index (χ4v) is 8.17. The first-order chi connectivity index (χ1) is 32.0. The number of rotatable bonds is 13. The van der Waals surface area contributed by atoms with Crippen molar-refractivity contribution in [3.8, 4) is 0 Å². The number of alkyl halides is 7. The molecule has 0 bridgehead atoms. The highest BCUT2D eigenvalue weighted by atomic mass is 35.5. The van der Waals surface area contributed by atoms with Crippen LogP contribution >= 0.6 is 34.8 Å². The zero-order chi connectivity index (χ0) is 52.7. The van der Waals surface area contributed by atoms with Gasteiger partial charge in [0, 0.05) is 48.1 Å². The molecule has 3 N–H and O–H groups in total. The molecule has 0 heterocycles. The molecule has 16 nitrogen and oxygen atoms in total. The summed E-state index contributed by atoms with van der Waals surface area (Å²) in [6, 6.07) is 10.3. The quantitative estimate of drug-likeness (QED) is 0.0744. The third-order valence-corrected chi connectivity index (χ3v) is 11.9. The molecule has 2 aromatic rings. The molecule has 4 rings (SSSR count). The third-order valence-electron chi connectivity index (χ3n) is 11.1. The van der Waals surface area contributed by atoms with Gasteiger partial charge >= 0.3 is 48.3 Å². The van der Waals surface area contributed by atoms with Gasteiger partial charge in [-0.3, -0.25) is 29.0 Å². The van der Waals surface area contributed by atoms with E-state index < -0.39 is 90.1 Å². The van der Waals surface area contributed by atoms with Crippen molar-refractivity contribution >= 4 is 82.3 Å². The smallest absolute Gasteiger partial charge is 0.471 e. The number of benzene rings is 2. The van der Waals surface area contributed by atoms with E-state index >= 15 is 0 Å². The lowest BCUT2D eigenvalue weighted by atomic mass is 9.74. The van der Waals surface area contributed by atoms with Crippen molar-refractivity contribution in [3.05, 3.63) is 69.7 Å². The number of carboxylic acid groups (broad SMARTS) is 1. The zero-order valence-corrected chi connectivity index (χ0v) is 40.5. The summed E-state index contributed by atoms with van der Waals surface area (Å²) in [6.07, 6.45) is -7.39. The van der Waals surface area contributed by atoms with Gasteiger partial charge in [-0.05, 0) is 62.5 Å². The molecule has 2 aliphatic rings. The fraction of sp³-hybridized carbons (Fsp3) is 0.545. The Morgan fingerprint density at radius 3 is 1.36 bits per heavy atom. The molecule has 25 heteroatoms. The van der Waals surface area contributed by atoms with E-state index in [9.17, 15) is 64.7 Å². The lowest BCUT2D eigenvalue weighted by molar-refractivity contribution is -0.177. The molecule has 4 atom stereocenters. The Balaban J connectivity index is 0.000000395. The van der Waals surface area contributed by atoms with E-state index in [1.165, 1.54) is 45.0 Å². The summed E-state index contributed by atoms with van der Waals surface area (Å²) >= 11 is 18.1. The number of nitrogens with one attached hydrogen (secondary N) is 2.